The van der Waals surface area contributed by atoms with Crippen LogP contribution in [0.25, 0.3) is 0 Å². The molecule has 0 aromatic heterocycles. The number of hydrogen-bond donors (Lipinski definition) is 3. The highest BCUT2D eigenvalue weighted by Crippen LogP contribution is 2.16. The number of hydrogen-bond acceptors (Lipinski definition) is 3. The van der Waals surface area contributed by atoms with Gasteiger partial charge in [-0.25, -0.2) is 0 Å². The summed E-state index contributed by atoms with van der Waals surface area (Å²) in [6, 6.07) is 13.8. The summed E-state index contributed by atoms with van der Waals surface area (Å²) in [5.74, 6) is -0.226. The van der Waals surface area contributed by atoms with Crippen molar-refractivity contribution in [2.45, 2.75) is 6.61 Å². The van der Waals surface area contributed by atoms with Crippen LogP contribution in [0.5, 0.6) is 0 Å². The molecule has 18 heavy (non-hydrogen) atoms. The van der Waals surface area contributed by atoms with Crippen LogP contribution in [-0.4, -0.2) is 11.0 Å². The predicted molar refractivity (Wildman–Crippen MR) is 71.2 cm³/mol. The number of nitrogens with two attached hydrogens (primary N) is 1. The van der Waals surface area contributed by atoms with Crippen molar-refractivity contribution in [3.05, 3.63) is 59.7 Å². The van der Waals surface area contributed by atoms with Gasteiger partial charge in [-0.1, -0.05) is 18.2 Å². The van der Waals surface area contributed by atoms with E-state index in [0.29, 0.717) is 22.5 Å². The van der Waals surface area contributed by atoms with E-state index in [1.807, 2.05) is 6.07 Å². The molecular weight excluding hydrogens is 228 g/mol. The second-order valence-electron chi connectivity index (χ2n) is 3.89. The summed E-state index contributed by atoms with van der Waals surface area (Å²) in [4.78, 5) is 12.0. The zero-order chi connectivity index (χ0) is 13.0. The Balaban J connectivity index is 2.18. The molecule has 0 bridgehead atoms. The van der Waals surface area contributed by atoms with Crippen LogP contribution in [-0.2, 0) is 6.61 Å². The number of rotatable bonds is 3. The molecule has 0 aliphatic heterocycles. The number of carbonyl (C=O) groups is 1. The Bertz CT molecular complexity index is 550. The summed E-state index contributed by atoms with van der Waals surface area (Å²) in [6.07, 6.45) is 0. The molecule has 2 rings (SSSR count). The van der Waals surface area contributed by atoms with Gasteiger partial charge in [-0.2, -0.15) is 0 Å². The van der Waals surface area contributed by atoms with Crippen molar-refractivity contribution < 1.29 is 9.90 Å². The van der Waals surface area contributed by atoms with E-state index in [1.165, 1.54) is 0 Å². The average Bonchev–Trinajstić information content (AvgIpc) is 2.40. The Hall–Kier alpha value is -2.33. The minimum absolute atomic E-state index is 0.113. The first-order valence-electron chi connectivity index (χ1n) is 5.56. The maximum Gasteiger partial charge on any atom is 0.255 e. The monoisotopic (exact) mass is 242 g/mol. The van der Waals surface area contributed by atoms with Gasteiger partial charge in [0.1, 0.15) is 0 Å². The molecule has 4 nitrogen and oxygen atoms in total. The molecule has 0 spiro atoms. The van der Waals surface area contributed by atoms with Gasteiger partial charge < -0.3 is 16.2 Å². The Morgan fingerprint density at radius 3 is 2.44 bits per heavy atom. The zero-order valence-corrected chi connectivity index (χ0v) is 9.76. The van der Waals surface area contributed by atoms with Crippen LogP contribution in [0.1, 0.15) is 15.9 Å². The predicted octanol–water partition coefficient (Wildman–Crippen LogP) is 2.01. The number of para-hydroxylation sites is 1. The van der Waals surface area contributed by atoms with Crippen molar-refractivity contribution >= 4 is 17.3 Å². The molecule has 4 heteroatoms. The molecule has 1 amide bonds. The lowest BCUT2D eigenvalue weighted by Gasteiger charge is -2.09. The van der Waals surface area contributed by atoms with Crippen LogP contribution >= 0.6 is 0 Å². The second-order valence-corrected chi connectivity index (χ2v) is 3.89. The SMILES string of the molecule is Nc1ccc(C(=O)Nc2ccccc2CO)cc1. The number of carbonyl (C=O) groups excluding carboxylic acids is 1. The van der Waals surface area contributed by atoms with E-state index in [4.69, 9.17) is 5.73 Å². The number of aliphatic hydroxyl groups is 1. The largest absolute Gasteiger partial charge is 0.399 e. The maximum atomic E-state index is 12.0. The van der Waals surface area contributed by atoms with Crippen LogP contribution in [0.3, 0.4) is 0 Å². The van der Waals surface area contributed by atoms with Crippen molar-refractivity contribution in [1.82, 2.24) is 0 Å². The summed E-state index contributed by atoms with van der Waals surface area (Å²) in [6.45, 7) is -0.113. The molecule has 0 aliphatic rings. The molecule has 92 valence electrons. The molecule has 0 radical (unpaired) electrons. The van der Waals surface area contributed by atoms with E-state index in [9.17, 15) is 9.90 Å². The molecule has 0 atom stereocenters. The fourth-order valence-corrected chi connectivity index (χ4v) is 1.61. The van der Waals surface area contributed by atoms with Gasteiger partial charge in [0.25, 0.3) is 5.91 Å². The van der Waals surface area contributed by atoms with Crippen LogP contribution in [0.4, 0.5) is 11.4 Å². The molecule has 0 fully saturated rings. The van der Waals surface area contributed by atoms with Crippen LogP contribution in [0.15, 0.2) is 48.5 Å². The van der Waals surface area contributed by atoms with E-state index in [1.54, 1.807) is 42.5 Å². The van der Waals surface area contributed by atoms with Crippen molar-refractivity contribution in [2.75, 3.05) is 11.1 Å². The lowest BCUT2D eigenvalue weighted by Crippen LogP contribution is -2.13. The van der Waals surface area contributed by atoms with Crippen molar-refractivity contribution in [2.24, 2.45) is 0 Å². The highest BCUT2D eigenvalue weighted by atomic mass is 16.3. The van der Waals surface area contributed by atoms with Crippen molar-refractivity contribution in [3.63, 3.8) is 0 Å². The van der Waals surface area contributed by atoms with Crippen molar-refractivity contribution in [1.29, 1.82) is 0 Å². The third-order valence-electron chi connectivity index (χ3n) is 2.61. The van der Waals surface area contributed by atoms with Gasteiger partial charge in [0.05, 0.1) is 6.61 Å². The fourth-order valence-electron chi connectivity index (χ4n) is 1.61. The van der Waals surface area contributed by atoms with Gasteiger partial charge in [0, 0.05) is 22.5 Å². The third-order valence-corrected chi connectivity index (χ3v) is 2.61. The molecule has 0 aliphatic carbocycles. The van der Waals surface area contributed by atoms with E-state index in [0.717, 1.165) is 0 Å². The van der Waals surface area contributed by atoms with Gasteiger partial charge in [-0.05, 0) is 30.3 Å². The quantitative estimate of drug-likeness (QED) is 0.721. The minimum atomic E-state index is -0.226. The molecule has 2 aromatic carbocycles. The second kappa shape index (κ2) is 5.33. The Kier molecular flexibility index (Phi) is 3.60. The highest BCUT2D eigenvalue weighted by molar-refractivity contribution is 6.04. The summed E-state index contributed by atoms with van der Waals surface area (Å²) in [5, 5.41) is 11.9. The first-order valence-corrected chi connectivity index (χ1v) is 5.56. The number of nitrogens with one attached hydrogen (secondary N) is 1. The molecule has 0 saturated heterocycles. The van der Waals surface area contributed by atoms with E-state index in [2.05, 4.69) is 5.32 Å². The topological polar surface area (TPSA) is 75.4 Å². The van der Waals surface area contributed by atoms with E-state index in [-0.39, 0.29) is 12.5 Å². The standard InChI is InChI=1S/C14H14N2O2/c15-12-7-5-10(6-8-12)14(18)16-13-4-2-1-3-11(13)9-17/h1-8,17H,9,15H2,(H,16,18). The Morgan fingerprint density at radius 2 is 1.78 bits per heavy atom. The zero-order valence-electron chi connectivity index (χ0n) is 9.76. The molecule has 0 heterocycles. The first-order chi connectivity index (χ1) is 8.70. The number of aliphatic hydroxyl groups excluding tert-OH is 1. The third kappa shape index (κ3) is 2.67. The molecule has 0 unspecified atom stereocenters. The summed E-state index contributed by atoms with van der Waals surface area (Å²) in [7, 11) is 0. The molecule has 4 N–H and O–H groups in total. The Morgan fingerprint density at radius 1 is 1.11 bits per heavy atom. The van der Waals surface area contributed by atoms with E-state index >= 15 is 0 Å². The van der Waals surface area contributed by atoms with Crippen molar-refractivity contribution in [3.8, 4) is 0 Å². The van der Waals surface area contributed by atoms with Crippen LogP contribution in [0, 0.1) is 0 Å². The highest BCUT2D eigenvalue weighted by Gasteiger charge is 2.07. The molecule has 2 aromatic rings. The van der Waals surface area contributed by atoms with Crippen LogP contribution in [0.2, 0.25) is 0 Å². The average molecular weight is 242 g/mol. The lowest BCUT2D eigenvalue weighted by atomic mass is 10.1. The summed E-state index contributed by atoms with van der Waals surface area (Å²) in [5.41, 5.74) is 7.99. The van der Waals surface area contributed by atoms with Gasteiger partial charge in [-0.3, -0.25) is 4.79 Å². The summed E-state index contributed by atoms with van der Waals surface area (Å²) >= 11 is 0. The van der Waals surface area contributed by atoms with E-state index < -0.39 is 0 Å². The van der Waals surface area contributed by atoms with Gasteiger partial charge >= 0.3 is 0 Å². The van der Waals surface area contributed by atoms with Gasteiger partial charge in [-0.15, -0.1) is 0 Å². The first kappa shape index (κ1) is 12.1. The molecule has 0 saturated carbocycles. The Labute approximate surface area is 105 Å². The number of benzene rings is 2. The maximum absolute atomic E-state index is 12.0. The smallest absolute Gasteiger partial charge is 0.255 e. The number of anilines is 2. The number of nitrogen functional groups attached to an aromatic ring is 1. The summed E-state index contributed by atoms with van der Waals surface area (Å²) < 4.78 is 0. The van der Waals surface area contributed by atoms with Crippen LogP contribution < -0.4 is 11.1 Å². The minimum Gasteiger partial charge on any atom is -0.399 e. The fraction of sp³-hybridized carbons (Fsp3) is 0.0714. The van der Waals surface area contributed by atoms with Gasteiger partial charge in [0.15, 0.2) is 0 Å². The number of amides is 1. The molecular formula is C14H14N2O2. The van der Waals surface area contributed by atoms with Gasteiger partial charge in [0.2, 0.25) is 0 Å². The normalized spacial score (nSPS) is 10.1. The lowest BCUT2D eigenvalue weighted by molar-refractivity contribution is 0.102.